The molecule has 0 saturated carbocycles. The topological polar surface area (TPSA) is 135 Å². The smallest absolute Gasteiger partial charge is 0.432 e. The molecule has 4 heterocycles. The van der Waals surface area contributed by atoms with Crippen LogP contribution in [0.3, 0.4) is 0 Å². The number of carbonyl (C=O) groups is 1. The van der Waals surface area contributed by atoms with Crippen molar-refractivity contribution >= 4 is 27.4 Å². The maximum atomic E-state index is 13.6. The average molecular weight is 613 g/mol. The second kappa shape index (κ2) is 11.6. The van der Waals surface area contributed by atoms with Gasteiger partial charge in [0, 0.05) is 50.8 Å². The number of nitrogens with zero attached hydrogens (tertiary/aromatic N) is 5. The molecule has 2 saturated heterocycles. The number of nitrogens with two attached hydrogens (primary N) is 1. The molecule has 0 aromatic carbocycles. The normalized spacial score (nSPS) is 24.8. The number of carbonyl (C=O) groups excluding carboxylic acids is 1. The highest BCUT2D eigenvalue weighted by molar-refractivity contribution is 7.86. The first-order valence-electron chi connectivity index (χ1n) is 14.0. The molecule has 4 aliphatic rings. The molecule has 0 spiro atoms. The number of allylic oxidation sites excluding steroid dienone is 3. The minimum atomic E-state index is -4.63. The lowest BCUT2D eigenvalue weighted by atomic mass is 9.83. The number of alkyl halides is 3. The van der Waals surface area contributed by atoms with E-state index in [1.165, 1.54) is 19.6 Å². The fraction of sp³-hybridized carbons (Fsp3) is 0.593. The fourth-order valence-electron chi connectivity index (χ4n) is 5.50. The van der Waals surface area contributed by atoms with Crippen molar-refractivity contribution in [1.29, 1.82) is 0 Å². The zero-order chi connectivity index (χ0) is 30.4. The van der Waals surface area contributed by atoms with Gasteiger partial charge in [-0.05, 0) is 51.8 Å². The molecular weight excluding hydrogens is 577 g/mol. The van der Waals surface area contributed by atoms with Crippen molar-refractivity contribution in [2.45, 2.75) is 58.0 Å². The SMILES string of the molecule is CC(C)OC1=CC=C(c2nc(C(=O)N3CCN(S(=O)(=O)N4CCCC4)CC3)c([C@H](C)N)o2)C2C=CC(C(F)(F)F)=NC12. The molecule has 2 unspecified atom stereocenters. The van der Waals surface area contributed by atoms with Crippen LogP contribution in [0.25, 0.3) is 5.57 Å². The maximum Gasteiger partial charge on any atom is 0.432 e. The maximum absolute atomic E-state index is 13.6. The lowest BCUT2D eigenvalue weighted by Gasteiger charge is -2.35. The van der Waals surface area contributed by atoms with Crippen molar-refractivity contribution in [3.05, 3.63) is 47.4 Å². The molecule has 1 aliphatic carbocycles. The Morgan fingerprint density at radius 1 is 1.07 bits per heavy atom. The van der Waals surface area contributed by atoms with Crippen molar-refractivity contribution in [2.75, 3.05) is 39.3 Å². The molecule has 1 amide bonds. The van der Waals surface area contributed by atoms with Crippen LogP contribution >= 0.6 is 0 Å². The summed E-state index contributed by atoms with van der Waals surface area (Å²) >= 11 is 0. The number of rotatable bonds is 7. The third-order valence-electron chi connectivity index (χ3n) is 7.58. The van der Waals surface area contributed by atoms with Gasteiger partial charge in [-0.3, -0.25) is 9.79 Å². The Morgan fingerprint density at radius 2 is 1.71 bits per heavy atom. The second-order valence-electron chi connectivity index (χ2n) is 11.0. The number of halogens is 3. The van der Waals surface area contributed by atoms with E-state index in [2.05, 4.69) is 9.98 Å². The summed E-state index contributed by atoms with van der Waals surface area (Å²) in [5.41, 5.74) is 5.54. The Hall–Kier alpha value is -3.01. The molecule has 42 heavy (non-hydrogen) atoms. The number of hydrogen-bond acceptors (Lipinski definition) is 8. The largest absolute Gasteiger partial charge is 0.493 e. The summed E-state index contributed by atoms with van der Waals surface area (Å²) in [7, 11) is -3.58. The highest BCUT2D eigenvalue weighted by Crippen LogP contribution is 2.40. The number of amides is 1. The summed E-state index contributed by atoms with van der Waals surface area (Å²) in [6, 6.07) is -1.71. The van der Waals surface area contributed by atoms with Crippen LogP contribution in [0.4, 0.5) is 13.2 Å². The Morgan fingerprint density at radius 3 is 2.31 bits per heavy atom. The fourth-order valence-corrected chi connectivity index (χ4v) is 7.17. The summed E-state index contributed by atoms with van der Waals surface area (Å²) in [6.45, 7) is 6.78. The molecule has 2 N–H and O–H groups in total. The molecular formula is C27H35F3N6O5S. The Balaban J connectivity index is 1.40. The first kappa shape index (κ1) is 30.4. The zero-order valence-electron chi connectivity index (χ0n) is 23.7. The number of aromatic nitrogens is 1. The summed E-state index contributed by atoms with van der Waals surface area (Å²) in [5.74, 6) is -0.684. The van der Waals surface area contributed by atoms with E-state index in [0.29, 0.717) is 18.7 Å². The summed E-state index contributed by atoms with van der Waals surface area (Å²) in [5, 5.41) is 0. The highest BCUT2D eigenvalue weighted by atomic mass is 32.2. The van der Waals surface area contributed by atoms with Gasteiger partial charge in [0.05, 0.1) is 12.1 Å². The van der Waals surface area contributed by atoms with Gasteiger partial charge < -0.3 is 19.8 Å². The molecule has 0 radical (unpaired) electrons. The van der Waals surface area contributed by atoms with Gasteiger partial charge in [0.15, 0.2) is 11.5 Å². The van der Waals surface area contributed by atoms with Crippen LogP contribution in [-0.4, -0.2) is 96.1 Å². The Labute approximate surface area is 242 Å². The minimum absolute atomic E-state index is 0.0132. The van der Waals surface area contributed by atoms with E-state index in [1.807, 2.05) is 0 Å². The summed E-state index contributed by atoms with van der Waals surface area (Å²) < 4.78 is 81.0. The molecule has 11 nitrogen and oxygen atoms in total. The molecule has 1 aromatic rings. The van der Waals surface area contributed by atoms with Gasteiger partial charge >= 0.3 is 6.18 Å². The van der Waals surface area contributed by atoms with E-state index >= 15 is 0 Å². The number of fused-ring (bicyclic) bond motifs is 1. The van der Waals surface area contributed by atoms with Gasteiger partial charge in [-0.15, -0.1) is 0 Å². The van der Waals surface area contributed by atoms with Gasteiger partial charge in [0.1, 0.15) is 17.5 Å². The van der Waals surface area contributed by atoms with Crippen molar-refractivity contribution in [1.82, 2.24) is 18.5 Å². The lowest BCUT2D eigenvalue weighted by Crippen LogP contribution is -2.53. The van der Waals surface area contributed by atoms with Crippen molar-refractivity contribution < 1.29 is 35.5 Å². The van der Waals surface area contributed by atoms with Crippen LogP contribution in [0.5, 0.6) is 0 Å². The van der Waals surface area contributed by atoms with E-state index < -0.39 is 46.0 Å². The van der Waals surface area contributed by atoms with E-state index in [9.17, 15) is 26.4 Å². The highest BCUT2D eigenvalue weighted by Gasteiger charge is 2.42. The number of ether oxygens (including phenoxy) is 1. The van der Waals surface area contributed by atoms with Crippen LogP contribution in [0.1, 0.15) is 61.8 Å². The second-order valence-corrected chi connectivity index (χ2v) is 13.0. The van der Waals surface area contributed by atoms with Gasteiger partial charge in [0.2, 0.25) is 5.89 Å². The molecule has 2 fully saturated rings. The predicted octanol–water partition coefficient (Wildman–Crippen LogP) is 3.06. The monoisotopic (exact) mass is 612 g/mol. The van der Waals surface area contributed by atoms with Gasteiger partial charge in [0.25, 0.3) is 16.1 Å². The van der Waals surface area contributed by atoms with E-state index in [-0.39, 0.29) is 55.4 Å². The third-order valence-corrected chi connectivity index (χ3v) is 9.62. The standard InChI is InChI=1S/C27H35F3N6O5S/c1-16(2)40-20-8-6-19(18-7-9-21(27(28,29)30)32-22(18)20)25-33-23(24(41-25)17(3)31)26(37)34-12-14-36(15-13-34)42(38,39)35-10-4-5-11-35/h6-9,16-18,22H,4-5,10-15,31H2,1-3H3/t17-,18?,22?/m0/s1. The van der Waals surface area contributed by atoms with Crippen molar-refractivity contribution in [3.8, 4) is 0 Å². The molecule has 3 aliphatic heterocycles. The molecule has 15 heteroatoms. The van der Waals surface area contributed by atoms with E-state index in [0.717, 1.165) is 18.9 Å². The first-order chi connectivity index (χ1) is 19.8. The number of piperazine rings is 1. The molecule has 5 rings (SSSR count). The lowest BCUT2D eigenvalue weighted by molar-refractivity contribution is -0.0583. The van der Waals surface area contributed by atoms with Gasteiger partial charge in [-0.25, -0.2) is 4.98 Å². The third kappa shape index (κ3) is 5.92. The summed E-state index contributed by atoms with van der Waals surface area (Å²) in [4.78, 5) is 23.6. The predicted molar refractivity (Wildman–Crippen MR) is 148 cm³/mol. The van der Waals surface area contributed by atoms with E-state index in [4.69, 9.17) is 14.9 Å². The molecule has 3 atom stereocenters. The number of aliphatic imine (C=N–C) groups is 1. The van der Waals surface area contributed by atoms with Gasteiger partial charge in [-0.2, -0.15) is 30.2 Å². The quantitative estimate of drug-likeness (QED) is 0.500. The van der Waals surface area contributed by atoms with Crippen LogP contribution in [0, 0.1) is 5.92 Å². The molecule has 0 bridgehead atoms. The minimum Gasteiger partial charge on any atom is -0.493 e. The molecule has 1 aromatic heterocycles. The Bertz CT molecular complexity index is 1430. The van der Waals surface area contributed by atoms with Crippen LogP contribution < -0.4 is 5.73 Å². The van der Waals surface area contributed by atoms with E-state index in [1.54, 1.807) is 32.9 Å². The van der Waals surface area contributed by atoms with Crippen molar-refractivity contribution in [3.63, 3.8) is 0 Å². The Kier molecular flexibility index (Phi) is 8.40. The van der Waals surface area contributed by atoms with Crippen LogP contribution in [-0.2, 0) is 14.9 Å². The average Bonchev–Trinajstić information content (AvgIpc) is 3.63. The summed E-state index contributed by atoms with van der Waals surface area (Å²) in [6.07, 6.45) is 2.24. The van der Waals surface area contributed by atoms with Crippen LogP contribution in [0.2, 0.25) is 0 Å². The number of hydrogen-bond donors (Lipinski definition) is 1. The van der Waals surface area contributed by atoms with Crippen molar-refractivity contribution in [2.24, 2.45) is 16.6 Å². The molecule has 230 valence electrons. The number of oxazole rings is 1. The zero-order valence-corrected chi connectivity index (χ0v) is 24.5. The number of dihydropyridines is 1. The van der Waals surface area contributed by atoms with Gasteiger partial charge in [-0.1, -0.05) is 6.08 Å². The van der Waals surface area contributed by atoms with Crippen LogP contribution in [0.15, 0.2) is 39.5 Å². The first-order valence-corrected chi connectivity index (χ1v) is 15.4.